The van der Waals surface area contributed by atoms with Crippen molar-refractivity contribution in [2.24, 2.45) is 0 Å². The van der Waals surface area contributed by atoms with Crippen molar-refractivity contribution >= 4 is 16.6 Å². The zero-order chi connectivity index (χ0) is 13.5. The van der Waals surface area contributed by atoms with Gasteiger partial charge in [0.2, 0.25) is 0 Å². The van der Waals surface area contributed by atoms with Crippen LogP contribution in [0.3, 0.4) is 0 Å². The number of nitrogens with two attached hydrogens (primary N) is 1. The molecule has 0 unspecified atom stereocenters. The first-order valence-corrected chi connectivity index (χ1v) is 7.10. The minimum absolute atomic E-state index is 0.931. The molecule has 0 fully saturated rings. The van der Waals surface area contributed by atoms with Crippen LogP contribution in [0.4, 0.5) is 5.69 Å². The molecule has 1 aliphatic rings. The first-order valence-electron chi connectivity index (χ1n) is 7.10. The summed E-state index contributed by atoms with van der Waals surface area (Å²) in [5.74, 6) is 0. The van der Waals surface area contributed by atoms with Crippen molar-refractivity contribution in [3.8, 4) is 11.1 Å². The monoisotopic (exact) mass is 260 g/mol. The Balaban J connectivity index is 2.07. The van der Waals surface area contributed by atoms with Crippen LogP contribution in [0.1, 0.15) is 17.7 Å². The van der Waals surface area contributed by atoms with E-state index in [9.17, 15) is 0 Å². The lowest BCUT2D eigenvalue weighted by Crippen LogP contribution is -1.99. The Kier molecular flexibility index (Phi) is 2.49. The van der Waals surface area contributed by atoms with Gasteiger partial charge in [-0.2, -0.15) is 0 Å². The zero-order valence-corrected chi connectivity index (χ0v) is 11.3. The maximum Gasteiger partial charge on any atom is 0.0804 e. The smallest absolute Gasteiger partial charge is 0.0804 e. The van der Waals surface area contributed by atoms with E-state index in [0.29, 0.717) is 0 Å². The van der Waals surface area contributed by atoms with Gasteiger partial charge < -0.3 is 5.73 Å². The summed E-state index contributed by atoms with van der Waals surface area (Å²) < 4.78 is 0. The maximum absolute atomic E-state index is 6.38. The number of hydrogen-bond donors (Lipinski definition) is 1. The molecule has 98 valence electrons. The first-order chi connectivity index (χ1) is 9.84. The van der Waals surface area contributed by atoms with Crippen molar-refractivity contribution in [1.29, 1.82) is 0 Å². The molecule has 2 aromatic carbocycles. The van der Waals surface area contributed by atoms with Crippen LogP contribution in [-0.2, 0) is 12.8 Å². The standard InChI is InChI=1S/C18H16N2/c19-17-14-9-5-11-16(14)20-18-13(8-4-10-15(17)18)12-6-2-1-3-7-12/h1-4,6-8,10H,5,9,11H2,(H2,19,20). The van der Waals surface area contributed by atoms with E-state index in [1.165, 1.54) is 28.8 Å². The van der Waals surface area contributed by atoms with Gasteiger partial charge in [0.1, 0.15) is 0 Å². The van der Waals surface area contributed by atoms with Gasteiger partial charge in [0.25, 0.3) is 0 Å². The number of para-hydroxylation sites is 1. The molecular formula is C18H16N2. The van der Waals surface area contributed by atoms with Crippen LogP contribution in [0.25, 0.3) is 22.0 Å². The average Bonchev–Trinajstić information content (AvgIpc) is 2.97. The van der Waals surface area contributed by atoms with Crippen LogP contribution < -0.4 is 5.73 Å². The molecule has 3 aromatic rings. The molecule has 0 amide bonds. The SMILES string of the molecule is Nc1c2c(nc3c(-c4ccccc4)cccc13)CCC2. The van der Waals surface area contributed by atoms with Crippen LogP contribution in [0.5, 0.6) is 0 Å². The maximum atomic E-state index is 6.38. The van der Waals surface area contributed by atoms with Crippen LogP contribution >= 0.6 is 0 Å². The van der Waals surface area contributed by atoms with Crippen LogP contribution in [-0.4, -0.2) is 4.98 Å². The number of pyridine rings is 1. The molecule has 0 atom stereocenters. The molecule has 2 nitrogen and oxygen atoms in total. The number of benzene rings is 2. The van der Waals surface area contributed by atoms with E-state index >= 15 is 0 Å². The lowest BCUT2D eigenvalue weighted by atomic mass is 9.99. The van der Waals surface area contributed by atoms with Crippen LogP contribution in [0.15, 0.2) is 48.5 Å². The molecule has 1 aromatic heterocycles. The molecule has 1 heterocycles. The minimum Gasteiger partial charge on any atom is -0.398 e. The summed E-state index contributed by atoms with van der Waals surface area (Å²) in [7, 11) is 0. The topological polar surface area (TPSA) is 38.9 Å². The summed E-state index contributed by atoms with van der Waals surface area (Å²) in [4.78, 5) is 4.91. The van der Waals surface area contributed by atoms with Gasteiger partial charge in [0, 0.05) is 22.3 Å². The third kappa shape index (κ3) is 1.61. The molecule has 0 aliphatic heterocycles. The Bertz CT molecular complexity index is 791. The minimum atomic E-state index is 0.931. The van der Waals surface area contributed by atoms with E-state index in [1.807, 2.05) is 6.07 Å². The van der Waals surface area contributed by atoms with Gasteiger partial charge in [0.15, 0.2) is 0 Å². The number of fused-ring (bicyclic) bond motifs is 2. The number of aromatic nitrogens is 1. The van der Waals surface area contributed by atoms with E-state index in [0.717, 1.165) is 29.4 Å². The number of nitrogen functional groups attached to an aromatic ring is 1. The molecule has 0 radical (unpaired) electrons. The average molecular weight is 260 g/mol. The zero-order valence-electron chi connectivity index (χ0n) is 11.3. The molecule has 2 heteroatoms. The highest BCUT2D eigenvalue weighted by Crippen LogP contribution is 2.35. The molecule has 0 bridgehead atoms. The summed E-state index contributed by atoms with van der Waals surface area (Å²) >= 11 is 0. The van der Waals surface area contributed by atoms with E-state index in [2.05, 4.69) is 42.5 Å². The van der Waals surface area contributed by atoms with Crippen molar-refractivity contribution < 1.29 is 0 Å². The molecule has 0 spiro atoms. The molecule has 20 heavy (non-hydrogen) atoms. The fraction of sp³-hybridized carbons (Fsp3) is 0.167. The van der Waals surface area contributed by atoms with Gasteiger partial charge in [-0.05, 0) is 30.4 Å². The number of anilines is 1. The summed E-state index contributed by atoms with van der Waals surface area (Å²) in [5.41, 5.74) is 13.2. The predicted molar refractivity (Wildman–Crippen MR) is 83.6 cm³/mol. The van der Waals surface area contributed by atoms with E-state index in [4.69, 9.17) is 10.7 Å². The van der Waals surface area contributed by atoms with Crippen LogP contribution in [0.2, 0.25) is 0 Å². The van der Waals surface area contributed by atoms with Crippen molar-refractivity contribution in [3.63, 3.8) is 0 Å². The highest BCUT2D eigenvalue weighted by molar-refractivity contribution is 6.01. The van der Waals surface area contributed by atoms with Gasteiger partial charge in [-0.25, -0.2) is 0 Å². The molecular weight excluding hydrogens is 244 g/mol. The van der Waals surface area contributed by atoms with Crippen molar-refractivity contribution in [2.75, 3.05) is 5.73 Å². The number of rotatable bonds is 1. The Labute approximate surface area is 118 Å². The van der Waals surface area contributed by atoms with E-state index < -0.39 is 0 Å². The predicted octanol–water partition coefficient (Wildman–Crippen LogP) is 3.97. The fourth-order valence-electron chi connectivity index (χ4n) is 3.17. The quantitative estimate of drug-likeness (QED) is 0.719. The first kappa shape index (κ1) is 11.5. The highest BCUT2D eigenvalue weighted by atomic mass is 14.7. The number of nitrogens with zero attached hydrogens (tertiary/aromatic N) is 1. The summed E-state index contributed by atoms with van der Waals surface area (Å²) in [6, 6.07) is 16.7. The molecule has 0 saturated heterocycles. The third-order valence-corrected chi connectivity index (χ3v) is 4.17. The second kappa shape index (κ2) is 4.34. The molecule has 1 aliphatic carbocycles. The fourth-order valence-corrected chi connectivity index (χ4v) is 3.17. The largest absolute Gasteiger partial charge is 0.398 e. The van der Waals surface area contributed by atoms with Crippen LogP contribution in [0, 0.1) is 0 Å². The highest BCUT2D eigenvalue weighted by Gasteiger charge is 2.19. The van der Waals surface area contributed by atoms with E-state index in [1.54, 1.807) is 0 Å². The van der Waals surface area contributed by atoms with Gasteiger partial charge >= 0.3 is 0 Å². The number of aryl methyl sites for hydroxylation is 1. The van der Waals surface area contributed by atoms with Crippen molar-refractivity contribution in [2.45, 2.75) is 19.3 Å². The Morgan fingerprint density at radius 3 is 2.60 bits per heavy atom. The number of hydrogen-bond acceptors (Lipinski definition) is 2. The summed E-state index contributed by atoms with van der Waals surface area (Å²) in [6.45, 7) is 0. The van der Waals surface area contributed by atoms with Gasteiger partial charge in [-0.1, -0.05) is 48.5 Å². The van der Waals surface area contributed by atoms with Gasteiger partial charge in [0.05, 0.1) is 5.52 Å². The normalized spacial score (nSPS) is 13.6. The molecule has 2 N–H and O–H groups in total. The Hall–Kier alpha value is -2.35. The lowest BCUT2D eigenvalue weighted by Gasteiger charge is -2.11. The van der Waals surface area contributed by atoms with E-state index in [-0.39, 0.29) is 0 Å². The van der Waals surface area contributed by atoms with Gasteiger partial charge in [-0.15, -0.1) is 0 Å². The lowest BCUT2D eigenvalue weighted by molar-refractivity contribution is 0.901. The Morgan fingerprint density at radius 2 is 1.75 bits per heavy atom. The van der Waals surface area contributed by atoms with Crippen molar-refractivity contribution in [1.82, 2.24) is 4.98 Å². The summed E-state index contributed by atoms with van der Waals surface area (Å²) in [5, 5.41) is 1.09. The second-order valence-electron chi connectivity index (χ2n) is 5.37. The molecule has 4 rings (SSSR count). The molecule has 0 saturated carbocycles. The Morgan fingerprint density at radius 1 is 0.900 bits per heavy atom. The van der Waals surface area contributed by atoms with Gasteiger partial charge in [-0.3, -0.25) is 4.98 Å². The summed E-state index contributed by atoms with van der Waals surface area (Å²) in [6.07, 6.45) is 3.29. The second-order valence-corrected chi connectivity index (χ2v) is 5.37. The van der Waals surface area contributed by atoms with Crippen molar-refractivity contribution in [3.05, 3.63) is 59.8 Å². The third-order valence-electron chi connectivity index (χ3n) is 4.17.